The zero-order valence-corrected chi connectivity index (χ0v) is 19.0. The van der Waals surface area contributed by atoms with E-state index in [0.29, 0.717) is 0 Å². The third kappa shape index (κ3) is 5.75. The van der Waals surface area contributed by atoms with Gasteiger partial charge in [-0.1, -0.05) is 87.6 Å². The topological polar surface area (TPSA) is 55.4 Å². The summed E-state index contributed by atoms with van der Waals surface area (Å²) in [5, 5.41) is 2.97. The lowest BCUT2D eigenvalue weighted by Gasteiger charge is -2.19. The Morgan fingerprint density at radius 3 is 2.10 bits per heavy atom. The first-order chi connectivity index (χ1) is 15.0. The number of rotatable bonds is 11. The second-order valence-electron chi connectivity index (χ2n) is 8.69. The summed E-state index contributed by atoms with van der Waals surface area (Å²) in [4.78, 5) is 25.1. The molecule has 1 aliphatic carbocycles. The standard InChI is InChI=1S/C27H35NO3/c1-4-5-6-7-8-13-19(2)28-26(29)20(3)27(30)31-18-25-23-16-11-9-14-21(23)22-15-10-12-17-24(22)25/h9-12,14-17,19-20,25H,4-8,13,18H2,1-3H3,(H,28,29)/t19?,20-/m0/s1. The minimum absolute atomic E-state index is 0.00801. The number of benzene rings is 2. The predicted octanol–water partition coefficient (Wildman–Crippen LogP) is 5.84. The highest BCUT2D eigenvalue weighted by Gasteiger charge is 2.31. The van der Waals surface area contributed by atoms with Crippen LogP contribution in [0.15, 0.2) is 48.5 Å². The third-order valence-corrected chi connectivity index (χ3v) is 6.23. The van der Waals surface area contributed by atoms with Crippen molar-refractivity contribution in [1.82, 2.24) is 5.32 Å². The number of fused-ring (bicyclic) bond motifs is 3. The fraction of sp³-hybridized carbons (Fsp3) is 0.481. The second-order valence-corrected chi connectivity index (χ2v) is 8.69. The molecule has 4 nitrogen and oxygen atoms in total. The van der Waals surface area contributed by atoms with Gasteiger partial charge in [0.05, 0.1) is 0 Å². The van der Waals surface area contributed by atoms with Gasteiger partial charge in [-0.05, 0) is 42.5 Å². The number of nitrogens with one attached hydrogen (secondary N) is 1. The Labute approximate surface area is 186 Å². The number of unbranched alkanes of at least 4 members (excludes halogenated alkanes) is 4. The van der Waals surface area contributed by atoms with Crippen LogP contribution in [0.3, 0.4) is 0 Å². The molecular formula is C27H35NO3. The van der Waals surface area contributed by atoms with E-state index in [-0.39, 0.29) is 24.5 Å². The van der Waals surface area contributed by atoms with Crippen LogP contribution in [0.2, 0.25) is 0 Å². The number of carbonyl (C=O) groups excluding carboxylic acids is 2. The van der Waals surface area contributed by atoms with E-state index in [1.54, 1.807) is 6.92 Å². The molecule has 0 fully saturated rings. The normalized spacial score (nSPS) is 14.4. The summed E-state index contributed by atoms with van der Waals surface area (Å²) >= 11 is 0. The van der Waals surface area contributed by atoms with Crippen LogP contribution in [0.4, 0.5) is 0 Å². The van der Waals surface area contributed by atoms with Gasteiger partial charge in [0.15, 0.2) is 0 Å². The summed E-state index contributed by atoms with van der Waals surface area (Å²) in [7, 11) is 0. The summed E-state index contributed by atoms with van der Waals surface area (Å²) in [5.74, 6) is -1.52. The Kier molecular flexibility index (Phi) is 8.27. The molecule has 0 heterocycles. The molecule has 166 valence electrons. The number of esters is 1. The molecule has 2 aromatic rings. The average Bonchev–Trinajstić information content (AvgIpc) is 3.10. The largest absolute Gasteiger partial charge is 0.464 e. The SMILES string of the molecule is CCCCCCCC(C)NC(=O)[C@H](C)C(=O)OCC1c2ccccc2-c2ccccc21. The molecule has 0 saturated carbocycles. The zero-order valence-electron chi connectivity index (χ0n) is 19.0. The van der Waals surface area contributed by atoms with E-state index in [0.717, 1.165) is 12.8 Å². The van der Waals surface area contributed by atoms with Crippen molar-refractivity contribution in [2.75, 3.05) is 6.61 Å². The van der Waals surface area contributed by atoms with Crippen molar-refractivity contribution in [3.05, 3.63) is 59.7 Å². The van der Waals surface area contributed by atoms with Crippen LogP contribution in [0.5, 0.6) is 0 Å². The molecule has 0 spiro atoms. The molecule has 0 bridgehead atoms. The number of hydrogen-bond acceptors (Lipinski definition) is 3. The molecule has 2 atom stereocenters. The molecule has 4 heteroatoms. The van der Waals surface area contributed by atoms with Gasteiger partial charge < -0.3 is 10.1 Å². The fourth-order valence-electron chi connectivity index (χ4n) is 4.33. The summed E-state index contributed by atoms with van der Waals surface area (Å²) < 4.78 is 5.63. The molecule has 0 saturated heterocycles. The van der Waals surface area contributed by atoms with Crippen LogP contribution in [0.1, 0.15) is 76.3 Å². The van der Waals surface area contributed by atoms with Gasteiger partial charge in [0.1, 0.15) is 12.5 Å². The number of ether oxygens (including phenoxy) is 1. The average molecular weight is 422 g/mol. The molecule has 3 rings (SSSR count). The van der Waals surface area contributed by atoms with Crippen molar-refractivity contribution in [3.63, 3.8) is 0 Å². The van der Waals surface area contributed by atoms with Gasteiger partial charge in [-0.15, -0.1) is 0 Å². The zero-order chi connectivity index (χ0) is 22.2. The molecule has 1 amide bonds. The second kappa shape index (κ2) is 11.1. The number of hydrogen-bond donors (Lipinski definition) is 1. The van der Waals surface area contributed by atoms with Crippen molar-refractivity contribution in [2.45, 2.75) is 71.3 Å². The Morgan fingerprint density at radius 2 is 1.48 bits per heavy atom. The van der Waals surface area contributed by atoms with E-state index in [1.165, 1.54) is 47.9 Å². The molecule has 1 aliphatic rings. The van der Waals surface area contributed by atoms with E-state index >= 15 is 0 Å². The predicted molar refractivity (Wildman–Crippen MR) is 125 cm³/mol. The molecule has 1 unspecified atom stereocenters. The third-order valence-electron chi connectivity index (χ3n) is 6.23. The van der Waals surface area contributed by atoms with Gasteiger partial charge in [-0.25, -0.2) is 0 Å². The first-order valence-electron chi connectivity index (χ1n) is 11.7. The Balaban J connectivity index is 1.51. The number of carbonyl (C=O) groups is 2. The molecule has 0 radical (unpaired) electrons. The van der Waals surface area contributed by atoms with Crippen molar-refractivity contribution < 1.29 is 14.3 Å². The summed E-state index contributed by atoms with van der Waals surface area (Å²) in [5.41, 5.74) is 4.73. The van der Waals surface area contributed by atoms with Gasteiger partial charge in [0.25, 0.3) is 0 Å². The lowest BCUT2D eigenvalue weighted by atomic mass is 9.98. The molecule has 2 aromatic carbocycles. The Morgan fingerprint density at radius 1 is 0.903 bits per heavy atom. The van der Waals surface area contributed by atoms with E-state index in [2.05, 4.69) is 36.5 Å². The number of amides is 1. The van der Waals surface area contributed by atoms with Crippen LogP contribution in [0.25, 0.3) is 11.1 Å². The Hall–Kier alpha value is -2.62. The highest BCUT2D eigenvalue weighted by Crippen LogP contribution is 2.44. The highest BCUT2D eigenvalue weighted by molar-refractivity contribution is 5.97. The van der Waals surface area contributed by atoms with Gasteiger partial charge >= 0.3 is 5.97 Å². The molecule has 0 aromatic heterocycles. The fourth-order valence-corrected chi connectivity index (χ4v) is 4.33. The van der Waals surface area contributed by atoms with Crippen LogP contribution < -0.4 is 5.32 Å². The van der Waals surface area contributed by atoms with Gasteiger partial charge in [-0.2, -0.15) is 0 Å². The van der Waals surface area contributed by atoms with Crippen LogP contribution in [0, 0.1) is 5.92 Å². The Bertz CT molecular complexity index is 846. The first kappa shape index (κ1) is 23.1. The maximum Gasteiger partial charge on any atom is 0.318 e. The van der Waals surface area contributed by atoms with E-state index in [1.807, 2.05) is 31.2 Å². The van der Waals surface area contributed by atoms with Crippen LogP contribution in [-0.2, 0) is 14.3 Å². The maximum absolute atomic E-state index is 12.6. The van der Waals surface area contributed by atoms with E-state index < -0.39 is 11.9 Å². The van der Waals surface area contributed by atoms with Crippen molar-refractivity contribution >= 4 is 11.9 Å². The minimum atomic E-state index is -0.811. The van der Waals surface area contributed by atoms with Gasteiger partial charge in [0.2, 0.25) is 5.91 Å². The first-order valence-corrected chi connectivity index (χ1v) is 11.7. The monoisotopic (exact) mass is 421 g/mol. The van der Waals surface area contributed by atoms with Crippen LogP contribution >= 0.6 is 0 Å². The van der Waals surface area contributed by atoms with E-state index in [4.69, 9.17) is 4.74 Å². The molecule has 31 heavy (non-hydrogen) atoms. The maximum atomic E-state index is 12.6. The highest BCUT2D eigenvalue weighted by atomic mass is 16.5. The lowest BCUT2D eigenvalue weighted by Crippen LogP contribution is -2.39. The van der Waals surface area contributed by atoms with E-state index in [9.17, 15) is 9.59 Å². The quantitative estimate of drug-likeness (QED) is 0.282. The van der Waals surface area contributed by atoms with Crippen molar-refractivity contribution in [3.8, 4) is 11.1 Å². The minimum Gasteiger partial charge on any atom is -0.464 e. The van der Waals surface area contributed by atoms with Crippen LogP contribution in [-0.4, -0.2) is 24.5 Å². The van der Waals surface area contributed by atoms with Gasteiger partial charge in [-0.3, -0.25) is 9.59 Å². The summed E-state index contributed by atoms with van der Waals surface area (Å²) in [6, 6.07) is 16.5. The molecular weight excluding hydrogens is 386 g/mol. The van der Waals surface area contributed by atoms with Gasteiger partial charge in [0, 0.05) is 12.0 Å². The van der Waals surface area contributed by atoms with Crippen molar-refractivity contribution in [1.29, 1.82) is 0 Å². The molecule has 1 N–H and O–H groups in total. The smallest absolute Gasteiger partial charge is 0.318 e. The molecule has 0 aliphatic heterocycles. The van der Waals surface area contributed by atoms with Crippen molar-refractivity contribution in [2.24, 2.45) is 5.92 Å². The summed E-state index contributed by atoms with van der Waals surface area (Å²) in [6.45, 7) is 6.08. The lowest BCUT2D eigenvalue weighted by molar-refractivity contribution is -0.152. The summed E-state index contributed by atoms with van der Waals surface area (Å²) in [6.07, 6.45) is 6.96.